The SMILES string of the molecule is O=C(O)C1CCCN(C(c2ccc3ccccc3c2)c2ccc3cnccc3c2)C1. The maximum Gasteiger partial charge on any atom is 0.307 e. The summed E-state index contributed by atoms with van der Waals surface area (Å²) in [4.78, 5) is 18.3. The summed E-state index contributed by atoms with van der Waals surface area (Å²) >= 11 is 0. The van der Waals surface area contributed by atoms with E-state index in [4.69, 9.17) is 0 Å². The Morgan fingerprint density at radius 2 is 1.63 bits per heavy atom. The molecule has 1 aliphatic rings. The van der Waals surface area contributed by atoms with Crippen LogP contribution in [0.25, 0.3) is 21.5 Å². The van der Waals surface area contributed by atoms with Gasteiger partial charge in [0.1, 0.15) is 0 Å². The largest absolute Gasteiger partial charge is 0.481 e. The highest BCUT2D eigenvalue weighted by Gasteiger charge is 2.31. The fraction of sp³-hybridized carbons (Fsp3) is 0.231. The van der Waals surface area contributed by atoms with Gasteiger partial charge in [-0.2, -0.15) is 0 Å². The number of piperidine rings is 1. The molecule has 5 rings (SSSR count). The van der Waals surface area contributed by atoms with Crippen LogP contribution >= 0.6 is 0 Å². The number of nitrogens with zero attached hydrogens (tertiary/aromatic N) is 2. The number of likely N-dealkylation sites (tertiary alicyclic amines) is 1. The van der Waals surface area contributed by atoms with Crippen LogP contribution < -0.4 is 0 Å². The van der Waals surface area contributed by atoms with Crippen molar-refractivity contribution in [2.45, 2.75) is 18.9 Å². The fourth-order valence-electron chi connectivity index (χ4n) is 4.71. The van der Waals surface area contributed by atoms with Crippen molar-refractivity contribution in [2.75, 3.05) is 13.1 Å². The monoisotopic (exact) mass is 396 g/mol. The summed E-state index contributed by atoms with van der Waals surface area (Å²) in [6.07, 6.45) is 5.35. The molecule has 4 heteroatoms. The zero-order valence-corrected chi connectivity index (χ0v) is 16.7. The summed E-state index contributed by atoms with van der Waals surface area (Å²) in [6, 6.07) is 23.5. The Balaban J connectivity index is 1.62. The Kier molecular flexibility index (Phi) is 4.93. The van der Waals surface area contributed by atoms with E-state index in [0.717, 1.165) is 30.2 Å². The maximum atomic E-state index is 11.7. The van der Waals surface area contributed by atoms with E-state index in [2.05, 4.69) is 70.5 Å². The van der Waals surface area contributed by atoms with Crippen molar-refractivity contribution in [1.82, 2.24) is 9.88 Å². The lowest BCUT2D eigenvalue weighted by atomic mass is 9.90. The standard InChI is InChI=1S/C26H24N2O2/c29-26(30)24-6-3-13-28(17-24)25(21-8-7-18-4-1-2-5-19(18)14-21)22-9-10-23-16-27-12-11-20(23)15-22/h1-2,4-5,7-12,14-16,24-25H,3,6,13,17H2,(H,29,30). The zero-order chi connectivity index (χ0) is 20.5. The molecule has 0 bridgehead atoms. The van der Waals surface area contributed by atoms with E-state index in [1.807, 2.05) is 18.5 Å². The van der Waals surface area contributed by atoms with Crippen molar-refractivity contribution in [2.24, 2.45) is 5.92 Å². The third-order valence-electron chi connectivity index (χ3n) is 6.24. The second kappa shape index (κ2) is 7.88. The molecule has 1 fully saturated rings. The normalized spacial score (nSPS) is 18.5. The van der Waals surface area contributed by atoms with Crippen molar-refractivity contribution in [3.8, 4) is 0 Å². The molecular weight excluding hydrogens is 372 g/mol. The highest BCUT2D eigenvalue weighted by molar-refractivity contribution is 5.84. The summed E-state index contributed by atoms with van der Waals surface area (Å²) in [6.45, 7) is 1.47. The Morgan fingerprint density at radius 1 is 0.933 bits per heavy atom. The minimum Gasteiger partial charge on any atom is -0.481 e. The Hall–Kier alpha value is -3.24. The van der Waals surface area contributed by atoms with Crippen molar-refractivity contribution in [1.29, 1.82) is 0 Å². The molecule has 3 aromatic carbocycles. The van der Waals surface area contributed by atoms with Crippen LogP contribution in [-0.2, 0) is 4.79 Å². The molecule has 4 aromatic rings. The summed E-state index contributed by atoms with van der Waals surface area (Å²) < 4.78 is 0. The lowest BCUT2D eigenvalue weighted by molar-refractivity contribution is -0.143. The van der Waals surface area contributed by atoms with Gasteiger partial charge in [0.05, 0.1) is 12.0 Å². The van der Waals surface area contributed by atoms with Crippen LogP contribution in [0.2, 0.25) is 0 Å². The molecule has 30 heavy (non-hydrogen) atoms. The van der Waals surface area contributed by atoms with Gasteiger partial charge in [-0.1, -0.05) is 48.5 Å². The van der Waals surface area contributed by atoms with Gasteiger partial charge >= 0.3 is 5.97 Å². The number of aromatic nitrogens is 1. The quantitative estimate of drug-likeness (QED) is 0.510. The zero-order valence-electron chi connectivity index (χ0n) is 16.7. The van der Waals surface area contributed by atoms with Crippen molar-refractivity contribution in [3.63, 3.8) is 0 Å². The number of carbonyl (C=O) groups is 1. The van der Waals surface area contributed by atoms with Gasteiger partial charge in [0.15, 0.2) is 0 Å². The van der Waals surface area contributed by atoms with E-state index in [-0.39, 0.29) is 12.0 Å². The number of hydrogen-bond acceptors (Lipinski definition) is 3. The van der Waals surface area contributed by atoms with Crippen LogP contribution in [0.4, 0.5) is 0 Å². The molecule has 4 nitrogen and oxygen atoms in total. The first-order valence-corrected chi connectivity index (χ1v) is 10.5. The minimum atomic E-state index is -0.693. The third kappa shape index (κ3) is 3.55. The van der Waals surface area contributed by atoms with Crippen molar-refractivity contribution < 1.29 is 9.90 Å². The van der Waals surface area contributed by atoms with Gasteiger partial charge < -0.3 is 5.11 Å². The second-order valence-corrected chi connectivity index (χ2v) is 8.16. The summed E-state index contributed by atoms with van der Waals surface area (Å²) in [5.41, 5.74) is 2.39. The molecule has 0 radical (unpaired) electrons. The first kappa shape index (κ1) is 18.8. The molecule has 2 unspecified atom stereocenters. The van der Waals surface area contributed by atoms with Gasteiger partial charge in [-0.15, -0.1) is 0 Å². The first-order chi connectivity index (χ1) is 14.7. The highest BCUT2D eigenvalue weighted by Crippen LogP contribution is 2.35. The number of fused-ring (bicyclic) bond motifs is 2. The van der Waals surface area contributed by atoms with E-state index in [9.17, 15) is 9.90 Å². The number of aliphatic carboxylic acids is 1. The summed E-state index contributed by atoms with van der Waals surface area (Å²) in [7, 11) is 0. The van der Waals surface area contributed by atoms with Gasteiger partial charge in [0.25, 0.3) is 0 Å². The average molecular weight is 396 g/mol. The molecule has 0 saturated carbocycles. The van der Waals surface area contributed by atoms with Crippen LogP contribution in [0.15, 0.2) is 79.1 Å². The predicted octanol–water partition coefficient (Wildman–Crippen LogP) is 5.27. The molecule has 2 atom stereocenters. The lowest BCUT2D eigenvalue weighted by Gasteiger charge is -2.37. The number of carboxylic acids is 1. The topological polar surface area (TPSA) is 53.4 Å². The molecule has 0 aliphatic carbocycles. The van der Waals surface area contributed by atoms with Crippen LogP contribution in [-0.4, -0.2) is 34.0 Å². The number of hydrogen-bond donors (Lipinski definition) is 1. The molecule has 0 amide bonds. The maximum absolute atomic E-state index is 11.7. The number of rotatable bonds is 4. The second-order valence-electron chi connectivity index (χ2n) is 8.16. The van der Waals surface area contributed by atoms with Crippen LogP contribution in [0.5, 0.6) is 0 Å². The Morgan fingerprint density at radius 3 is 2.40 bits per heavy atom. The molecule has 2 heterocycles. The van der Waals surface area contributed by atoms with E-state index < -0.39 is 5.97 Å². The summed E-state index contributed by atoms with van der Waals surface area (Å²) in [5.74, 6) is -1.01. The Bertz CT molecular complexity index is 1140. The fourth-order valence-corrected chi connectivity index (χ4v) is 4.71. The average Bonchev–Trinajstić information content (AvgIpc) is 2.79. The summed E-state index contributed by atoms with van der Waals surface area (Å²) in [5, 5.41) is 14.3. The molecule has 150 valence electrons. The predicted molar refractivity (Wildman–Crippen MR) is 119 cm³/mol. The number of benzene rings is 3. The molecule has 1 aliphatic heterocycles. The van der Waals surface area contributed by atoms with Crippen LogP contribution in [0.1, 0.15) is 30.0 Å². The molecular formula is C26H24N2O2. The van der Waals surface area contributed by atoms with Gasteiger partial charge in [-0.05, 0) is 64.9 Å². The van der Waals surface area contributed by atoms with E-state index >= 15 is 0 Å². The molecule has 1 N–H and O–H groups in total. The third-order valence-corrected chi connectivity index (χ3v) is 6.24. The molecule has 0 spiro atoms. The van der Waals surface area contributed by atoms with Crippen LogP contribution in [0.3, 0.4) is 0 Å². The van der Waals surface area contributed by atoms with E-state index in [1.54, 1.807) is 0 Å². The van der Waals surface area contributed by atoms with Gasteiger partial charge in [0.2, 0.25) is 0 Å². The smallest absolute Gasteiger partial charge is 0.307 e. The van der Waals surface area contributed by atoms with Crippen LogP contribution in [0, 0.1) is 5.92 Å². The Labute approximate surface area is 175 Å². The first-order valence-electron chi connectivity index (χ1n) is 10.5. The molecule has 1 saturated heterocycles. The van der Waals surface area contributed by atoms with Crippen molar-refractivity contribution >= 4 is 27.5 Å². The minimum absolute atomic E-state index is 0.0225. The van der Waals surface area contributed by atoms with E-state index in [0.29, 0.717) is 6.54 Å². The lowest BCUT2D eigenvalue weighted by Crippen LogP contribution is -2.41. The number of pyridine rings is 1. The van der Waals surface area contributed by atoms with Gasteiger partial charge in [0, 0.05) is 24.3 Å². The number of carboxylic acid groups (broad SMARTS) is 1. The molecule has 1 aromatic heterocycles. The van der Waals surface area contributed by atoms with E-state index in [1.165, 1.54) is 21.9 Å². The van der Waals surface area contributed by atoms with Gasteiger partial charge in [-0.3, -0.25) is 14.7 Å². The van der Waals surface area contributed by atoms with Gasteiger partial charge in [-0.25, -0.2) is 0 Å². The van der Waals surface area contributed by atoms with Crippen molar-refractivity contribution in [3.05, 3.63) is 90.3 Å². The highest BCUT2D eigenvalue weighted by atomic mass is 16.4.